The minimum Gasteiger partial charge on any atom is -0.347 e. The fourth-order valence-electron chi connectivity index (χ4n) is 2.42. The molecule has 20 heavy (non-hydrogen) atoms. The summed E-state index contributed by atoms with van der Waals surface area (Å²) in [6.45, 7) is 1.86. The molecule has 2 atom stereocenters. The molecule has 1 amide bonds. The van der Waals surface area contributed by atoms with E-state index in [1.54, 1.807) is 0 Å². The molecule has 2 rings (SSSR count). The maximum atomic E-state index is 12.7. The Morgan fingerprint density at radius 1 is 1.45 bits per heavy atom. The minimum absolute atomic E-state index is 0.0176. The van der Waals surface area contributed by atoms with Gasteiger partial charge in [0.25, 0.3) is 5.91 Å². The van der Waals surface area contributed by atoms with Gasteiger partial charge in [-0.15, -0.1) is 5.10 Å². The van der Waals surface area contributed by atoms with Crippen LogP contribution < -0.4 is 5.32 Å². The van der Waals surface area contributed by atoms with Gasteiger partial charge < -0.3 is 5.32 Å². The van der Waals surface area contributed by atoms with Crippen LogP contribution in [0.2, 0.25) is 0 Å². The lowest BCUT2D eigenvalue weighted by Crippen LogP contribution is -2.41. The van der Waals surface area contributed by atoms with Crippen LogP contribution in [0.4, 0.5) is 13.2 Å². The first-order chi connectivity index (χ1) is 9.40. The summed E-state index contributed by atoms with van der Waals surface area (Å²) in [6, 6.07) is -0.466. The molecule has 1 saturated carbocycles. The smallest absolute Gasteiger partial charge is 0.347 e. The zero-order valence-electron chi connectivity index (χ0n) is 11.1. The number of rotatable bonds is 3. The number of halogens is 3. The third-order valence-electron chi connectivity index (χ3n) is 3.54. The van der Waals surface area contributed by atoms with Crippen LogP contribution in [0.25, 0.3) is 0 Å². The number of aryl methyl sites for hydroxylation is 1. The highest BCUT2D eigenvalue weighted by Crippen LogP contribution is 2.37. The molecule has 2 N–H and O–H groups in total. The van der Waals surface area contributed by atoms with Gasteiger partial charge in [0.2, 0.25) is 5.82 Å². The van der Waals surface area contributed by atoms with Gasteiger partial charge in [-0.05, 0) is 19.3 Å². The highest BCUT2D eigenvalue weighted by molar-refractivity contribution is 5.90. The van der Waals surface area contributed by atoms with Gasteiger partial charge in [0.05, 0.1) is 5.92 Å². The molecule has 1 aliphatic carbocycles. The normalized spacial score (nSPS) is 23.6. The Bertz CT molecular complexity index is 472. The fraction of sp³-hybridized carbons (Fsp3) is 0.750. The van der Waals surface area contributed by atoms with Crippen LogP contribution in [0.1, 0.15) is 49.1 Å². The molecule has 5 nitrogen and oxygen atoms in total. The van der Waals surface area contributed by atoms with Crippen molar-refractivity contribution >= 4 is 5.91 Å². The summed E-state index contributed by atoms with van der Waals surface area (Å²) in [6.07, 6.45) is -2.49. The van der Waals surface area contributed by atoms with E-state index in [1.807, 2.05) is 6.92 Å². The average Bonchev–Trinajstić information content (AvgIpc) is 2.87. The minimum atomic E-state index is -4.19. The van der Waals surface area contributed by atoms with E-state index >= 15 is 0 Å². The van der Waals surface area contributed by atoms with Gasteiger partial charge in [0.15, 0.2) is 0 Å². The number of hydrogen-bond acceptors (Lipinski definition) is 3. The zero-order valence-corrected chi connectivity index (χ0v) is 11.1. The van der Waals surface area contributed by atoms with E-state index in [4.69, 9.17) is 0 Å². The molecule has 0 aromatic carbocycles. The van der Waals surface area contributed by atoms with Crippen molar-refractivity contribution < 1.29 is 18.0 Å². The lowest BCUT2D eigenvalue weighted by molar-refractivity contribution is -0.183. The molecular weight excluding hydrogens is 273 g/mol. The number of amides is 1. The van der Waals surface area contributed by atoms with Crippen molar-refractivity contribution in [3.63, 3.8) is 0 Å². The van der Waals surface area contributed by atoms with Crippen molar-refractivity contribution in [1.29, 1.82) is 0 Å². The Labute approximate surface area is 114 Å². The summed E-state index contributed by atoms with van der Waals surface area (Å²) < 4.78 is 38.0. The molecule has 1 aromatic heterocycles. The number of carbonyl (C=O) groups excluding carboxylic acids is 1. The molecule has 0 spiro atoms. The van der Waals surface area contributed by atoms with Gasteiger partial charge in [0.1, 0.15) is 5.82 Å². The lowest BCUT2D eigenvalue weighted by Gasteiger charge is -2.30. The molecule has 0 saturated heterocycles. The summed E-state index contributed by atoms with van der Waals surface area (Å²) in [4.78, 5) is 15.8. The summed E-state index contributed by atoms with van der Waals surface area (Å²) in [7, 11) is 0. The highest BCUT2D eigenvalue weighted by atomic mass is 19.4. The fourth-order valence-corrected chi connectivity index (χ4v) is 2.42. The number of H-pyrrole nitrogens is 1. The Kier molecular flexibility index (Phi) is 4.29. The summed E-state index contributed by atoms with van der Waals surface area (Å²) in [5.74, 6) is -1.29. The van der Waals surface area contributed by atoms with Gasteiger partial charge in [-0.3, -0.25) is 9.89 Å². The first-order valence-electron chi connectivity index (χ1n) is 6.69. The second-order valence-electron chi connectivity index (χ2n) is 5.03. The molecule has 112 valence electrons. The predicted octanol–water partition coefficient (Wildman–Crippen LogP) is 2.22. The number of nitrogens with zero attached hydrogens (tertiary/aromatic N) is 2. The third kappa shape index (κ3) is 3.49. The molecule has 1 aliphatic rings. The largest absolute Gasteiger partial charge is 0.391 e. The van der Waals surface area contributed by atoms with Crippen LogP contribution in [0.3, 0.4) is 0 Å². The Hall–Kier alpha value is -1.60. The molecule has 1 aromatic rings. The van der Waals surface area contributed by atoms with Gasteiger partial charge in [-0.25, -0.2) is 4.98 Å². The quantitative estimate of drug-likeness (QED) is 0.896. The first-order valence-corrected chi connectivity index (χ1v) is 6.69. The third-order valence-corrected chi connectivity index (χ3v) is 3.54. The van der Waals surface area contributed by atoms with E-state index < -0.39 is 24.0 Å². The van der Waals surface area contributed by atoms with Crippen molar-refractivity contribution in [2.45, 2.75) is 51.2 Å². The maximum Gasteiger partial charge on any atom is 0.391 e. The number of carbonyl (C=O) groups is 1. The number of alkyl halides is 3. The summed E-state index contributed by atoms with van der Waals surface area (Å²) in [5, 5.41) is 8.95. The molecule has 0 radical (unpaired) electrons. The van der Waals surface area contributed by atoms with Crippen LogP contribution in [-0.2, 0) is 6.42 Å². The Morgan fingerprint density at radius 2 is 2.20 bits per heavy atom. The van der Waals surface area contributed by atoms with Gasteiger partial charge in [0, 0.05) is 12.5 Å². The van der Waals surface area contributed by atoms with Crippen molar-refractivity contribution in [2.24, 2.45) is 5.92 Å². The number of aromatic nitrogens is 3. The average molecular weight is 290 g/mol. The standard InChI is InChI=1S/C12H17F3N4O/c1-2-9-17-10(19-18-9)11(20)16-8-5-3-4-7(6-8)12(13,14)15/h7-8H,2-6H2,1H3,(H,16,20)(H,17,18,19). The van der Waals surface area contributed by atoms with E-state index in [-0.39, 0.29) is 18.7 Å². The number of aromatic amines is 1. The van der Waals surface area contributed by atoms with E-state index in [9.17, 15) is 18.0 Å². The van der Waals surface area contributed by atoms with E-state index in [2.05, 4.69) is 20.5 Å². The van der Waals surface area contributed by atoms with Crippen LogP contribution in [0.5, 0.6) is 0 Å². The van der Waals surface area contributed by atoms with Crippen LogP contribution in [0, 0.1) is 5.92 Å². The van der Waals surface area contributed by atoms with Crippen LogP contribution >= 0.6 is 0 Å². The Balaban J connectivity index is 1.94. The lowest BCUT2D eigenvalue weighted by atomic mass is 9.85. The molecule has 1 fully saturated rings. The van der Waals surface area contributed by atoms with E-state index in [0.29, 0.717) is 25.1 Å². The predicted molar refractivity (Wildman–Crippen MR) is 65.0 cm³/mol. The molecule has 1 heterocycles. The SMILES string of the molecule is CCc1nc(C(=O)NC2CCCC(C(F)(F)F)C2)n[nH]1. The first kappa shape index (κ1) is 14.8. The van der Waals surface area contributed by atoms with Crippen LogP contribution in [-0.4, -0.2) is 33.3 Å². The van der Waals surface area contributed by atoms with Crippen molar-refractivity contribution in [2.75, 3.05) is 0 Å². The van der Waals surface area contributed by atoms with Crippen molar-refractivity contribution in [1.82, 2.24) is 20.5 Å². The van der Waals surface area contributed by atoms with E-state index in [0.717, 1.165) is 0 Å². The summed E-state index contributed by atoms with van der Waals surface area (Å²) >= 11 is 0. The van der Waals surface area contributed by atoms with Crippen molar-refractivity contribution in [3.8, 4) is 0 Å². The second-order valence-corrected chi connectivity index (χ2v) is 5.03. The van der Waals surface area contributed by atoms with Gasteiger partial charge in [-0.2, -0.15) is 13.2 Å². The van der Waals surface area contributed by atoms with Crippen molar-refractivity contribution in [3.05, 3.63) is 11.6 Å². The van der Waals surface area contributed by atoms with Gasteiger partial charge >= 0.3 is 6.18 Å². The maximum absolute atomic E-state index is 12.7. The van der Waals surface area contributed by atoms with E-state index in [1.165, 1.54) is 0 Å². The molecular formula is C12H17F3N4O. The molecule has 0 bridgehead atoms. The highest BCUT2D eigenvalue weighted by Gasteiger charge is 2.42. The number of nitrogens with one attached hydrogen (secondary N) is 2. The molecule has 0 aliphatic heterocycles. The number of hydrogen-bond donors (Lipinski definition) is 2. The topological polar surface area (TPSA) is 70.7 Å². The van der Waals surface area contributed by atoms with Gasteiger partial charge in [-0.1, -0.05) is 13.3 Å². The zero-order chi connectivity index (χ0) is 14.8. The summed E-state index contributed by atoms with van der Waals surface area (Å²) in [5.41, 5.74) is 0. The molecule has 8 heteroatoms. The van der Waals surface area contributed by atoms with Crippen LogP contribution in [0.15, 0.2) is 0 Å². The second kappa shape index (κ2) is 5.80. The molecule has 2 unspecified atom stereocenters. The monoisotopic (exact) mass is 290 g/mol. The Morgan fingerprint density at radius 3 is 2.80 bits per heavy atom.